The highest BCUT2D eigenvalue weighted by Crippen LogP contribution is 2.20. The monoisotopic (exact) mass is 271 g/mol. The van der Waals surface area contributed by atoms with Crippen molar-refractivity contribution in [3.05, 3.63) is 39.6 Å². The Labute approximate surface area is 106 Å². The molecule has 7 heteroatoms. The third kappa shape index (κ3) is 2.59. The van der Waals surface area contributed by atoms with Crippen molar-refractivity contribution >= 4 is 34.5 Å². The first kappa shape index (κ1) is 11.9. The third-order valence-corrected chi connectivity index (χ3v) is 3.11. The van der Waals surface area contributed by atoms with Crippen molar-refractivity contribution in [1.82, 2.24) is 10.2 Å². The number of benzene rings is 1. The average molecular weight is 272 g/mol. The summed E-state index contributed by atoms with van der Waals surface area (Å²) in [7, 11) is 1.57. The van der Waals surface area contributed by atoms with Gasteiger partial charge in [0.2, 0.25) is 9.47 Å². The predicted molar refractivity (Wildman–Crippen MR) is 64.1 cm³/mol. The fraction of sp³-hybridized carbons (Fsp3) is 0.100. The van der Waals surface area contributed by atoms with Gasteiger partial charge in [0.05, 0.1) is 0 Å². The van der Waals surface area contributed by atoms with Gasteiger partial charge < -0.3 is 4.90 Å². The molecule has 0 atom stereocenters. The van der Waals surface area contributed by atoms with Crippen LogP contribution >= 0.6 is 22.9 Å². The Morgan fingerprint density at radius 1 is 1.35 bits per heavy atom. The second-order valence-electron chi connectivity index (χ2n) is 3.20. The molecular formula is C10H7ClFN3OS. The molecular weight excluding hydrogens is 265 g/mol. The van der Waals surface area contributed by atoms with E-state index < -0.39 is 0 Å². The van der Waals surface area contributed by atoms with E-state index in [4.69, 9.17) is 11.6 Å². The molecule has 0 aliphatic heterocycles. The first-order chi connectivity index (χ1) is 8.08. The zero-order valence-electron chi connectivity index (χ0n) is 8.72. The van der Waals surface area contributed by atoms with E-state index in [1.54, 1.807) is 7.05 Å². The molecule has 1 amide bonds. The van der Waals surface area contributed by atoms with Gasteiger partial charge in [-0.05, 0) is 35.9 Å². The topological polar surface area (TPSA) is 46.1 Å². The van der Waals surface area contributed by atoms with E-state index in [9.17, 15) is 9.18 Å². The molecule has 17 heavy (non-hydrogen) atoms. The lowest BCUT2D eigenvalue weighted by Gasteiger charge is -2.15. The van der Waals surface area contributed by atoms with Crippen LogP contribution in [0.2, 0.25) is 4.47 Å². The number of anilines is 1. The Bertz CT molecular complexity index is 543. The number of nitrogens with zero attached hydrogens (tertiary/aromatic N) is 3. The zero-order chi connectivity index (χ0) is 12.4. The SMILES string of the molecule is CN(C(=O)c1nnc(Cl)s1)c1ccc(F)cc1. The molecule has 2 aromatic rings. The number of hydrogen-bond acceptors (Lipinski definition) is 4. The van der Waals surface area contributed by atoms with E-state index in [0.717, 1.165) is 11.3 Å². The van der Waals surface area contributed by atoms with Crippen molar-refractivity contribution in [2.24, 2.45) is 0 Å². The van der Waals surface area contributed by atoms with Crippen LogP contribution in [0, 0.1) is 5.82 Å². The summed E-state index contributed by atoms with van der Waals surface area (Å²) in [6.45, 7) is 0. The normalized spacial score (nSPS) is 10.3. The molecule has 0 aliphatic carbocycles. The maximum absolute atomic E-state index is 12.7. The standard InChI is InChI=1S/C10H7ClFN3OS/c1-15(7-4-2-6(12)3-5-7)9(16)8-13-14-10(11)17-8/h2-5H,1H3. The summed E-state index contributed by atoms with van der Waals surface area (Å²) >= 11 is 6.60. The van der Waals surface area contributed by atoms with Gasteiger partial charge in [0.1, 0.15) is 5.82 Å². The van der Waals surface area contributed by atoms with Gasteiger partial charge in [-0.15, -0.1) is 10.2 Å². The van der Waals surface area contributed by atoms with E-state index in [2.05, 4.69) is 10.2 Å². The summed E-state index contributed by atoms with van der Waals surface area (Å²) in [6, 6.07) is 5.59. The van der Waals surface area contributed by atoms with E-state index >= 15 is 0 Å². The lowest BCUT2D eigenvalue weighted by atomic mass is 10.3. The molecule has 4 nitrogen and oxygen atoms in total. The van der Waals surface area contributed by atoms with Crippen molar-refractivity contribution in [3.8, 4) is 0 Å². The van der Waals surface area contributed by atoms with Crippen molar-refractivity contribution in [2.45, 2.75) is 0 Å². The Hall–Kier alpha value is -1.53. The molecule has 1 heterocycles. The fourth-order valence-electron chi connectivity index (χ4n) is 1.22. The van der Waals surface area contributed by atoms with Gasteiger partial charge >= 0.3 is 0 Å². The van der Waals surface area contributed by atoms with E-state index in [1.807, 2.05) is 0 Å². The summed E-state index contributed by atoms with van der Waals surface area (Å²) in [5.41, 5.74) is 0.572. The van der Waals surface area contributed by atoms with E-state index in [-0.39, 0.29) is 21.2 Å². The van der Waals surface area contributed by atoms with Gasteiger partial charge in [-0.25, -0.2) is 4.39 Å². The largest absolute Gasteiger partial charge is 0.309 e. The van der Waals surface area contributed by atoms with Gasteiger partial charge in [-0.1, -0.05) is 11.3 Å². The molecule has 0 saturated carbocycles. The third-order valence-electron chi connectivity index (χ3n) is 2.10. The number of hydrogen-bond donors (Lipinski definition) is 0. The molecule has 0 spiro atoms. The van der Waals surface area contributed by atoms with E-state index in [0.29, 0.717) is 5.69 Å². The van der Waals surface area contributed by atoms with Gasteiger partial charge in [0, 0.05) is 12.7 Å². The van der Waals surface area contributed by atoms with E-state index in [1.165, 1.54) is 29.2 Å². The maximum atomic E-state index is 12.7. The van der Waals surface area contributed by atoms with Gasteiger partial charge in [0.15, 0.2) is 0 Å². The Morgan fingerprint density at radius 3 is 2.53 bits per heavy atom. The summed E-state index contributed by atoms with van der Waals surface area (Å²) in [4.78, 5) is 13.3. The number of aromatic nitrogens is 2. The second-order valence-corrected chi connectivity index (χ2v) is 4.76. The maximum Gasteiger partial charge on any atom is 0.289 e. The molecule has 0 N–H and O–H groups in total. The molecule has 88 valence electrons. The predicted octanol–water partition coefficient (Wildman–Crippen LogP) is 2.61. The molecule has 0 aliphatic rings. The van der Waals surface area contributed by atoms with Crippen molar-refractivity contribution in [1.29, 1.82) is 0 Å². The Kier molecular flexibility index (Phi) is 3.35. The molecule has 0 bridgehead atoms. The number of halogens is 2. The average Bonchev–Trinajstić information content (AvgIpc) is 2.75. The zero-order valence-corrected chi connectivity index (χ0v) is 10.3. The molecule has 1 aromatic heterocycles. The van der Waals surface area contributed by atoms with Crippen LogP contribution in [0.5, 0.6) is 0 Å². The Morgan fingerprint density at radius 2 is 2.00 bits per heavy atom. The fourth-order valence-corrected chi connectivity index (χ4v) is 2.02. The number of amides is 1. The minimum atomic E-state index is -0.353. The molecule has 1 aromatic carbocycles. The molecule has 0 radical (unpaired) electrons. The second kappa shape index (κ2) is 4.77. The van der Waals surface area contributed by atoms with Gasteiger partial charge in [0.25, 0.3) is 5.91 Å². The summed E-state index contributed by atoms with van der Waals surface area (Å²) in [6.07, 6.45) is 0. The first-order valence-corrected chi connectivity index (χ1v) is 5.80. The summed E-state index contributed by atoms with van der Waals surface area (Å²) < 4.78 is 12.9. The van der Waals surface area contributed by atoms with Gasteiger partial charge in [-0.3, -0.25) is 4.79 Å². The lowest BCUT2D eigenvalue weighted by molar-refractivity contribution is 0.0992. The highest BCUT2D eigenvalue weighted by molar-refractivity contribution is 7.17. The van der Waals surface area contributed by atoms with Crippen LogP contribution in [0.15, 0.2) is 24.3 Å². The molecule has 2 rings (SSSR count). The van der Waals surface area contributed by atoms with Crippen LogP contribution in [0.25, 0.3) is 0 Å². The lowest BCUT2D eigenvalue weighted by Crippen LogP contribution is -2.26. The number of rotatable bonds is 2. The van der Waals surface area contributed by atoms with Crippen LogP contribution in [-0.4, -0.2) is 23.2 Å². The number of carbonyl (C=O) groups excluding carboxylic acids is 1. The highest BCUT2D eigenvalue weighted by atomic mass is 35.5. The van der Waals surface area contributed by atoms with Crippen LogP contribution in [-0.2, 0) is 0 Å². The van der Waals surface area contributed by atoms with Crippen LogP contribution in [0.4, 0.5) is 10.1 Å². The molecule has 0 saturated heterocycles. The van der Waals surface area contributed by atoms with Gasteiger partial charge in [-0.2, -0.15) is 0 Å². The minimum Gasteiger partial charge on any atom is -0.309 e. The highest BCUT2D eigenvalue weighted by Gasteiger charge is 2.17. The van der Waals surface area contributed by atoms with Crippen LogP contribution in [0.1, 0.15) is 9.80 Å². The summed E-state index contributed by atoms with van der Waals surface area (Å²) in [5, 5.41) is 7.40. The minimum absolute atomic E-state index is 0.196. The van der Waals surface area contributed by atoms with Crippen molar-refractivity contribution < 1.29 is 9.18 Å². The van der Waals surface area contributed by atoms with Crippen molar-refractivity contribution in [2.75, 3.05) is 11.9 Å². The number of carbonyl (C=O) groups is 1. The Balaban J connectivity index is 2.23. The first-order valence-electron chi connectivity index (χ1n) is 4.60. The van der Waals surface area contributed by atoms with Crippen LogP contribution in [0.3, 0.4) is 0 Å². The smallest absolute Gasteiger partial charge is 0.289 e. The molecule has 0 fully saturated rings. The molecule has 0 unspecified atom stereocenters. The van der Waals surface area contributed by atoms with Crippen LogP contribution < -0.4 is 4.90 Å². The quantitative estimate of drug-likeness (QED) is 0.843. The van der Waals surface area contributed by atoms with Crippen molar-refractivity contribution in [3.63, 3.8) is 0 Å². The summed E-state index contributed by atoms with van der Waals surface area (Å²) in [5.74, 6) is -0.686.